The second-order valence-corrected chi connectivity index (χ2v) is 7.40. The van der Waals surface area contributed by atoms with E-state index in [2.05, 4.69) is 4.74 Å². The Balaban J connectivity index is 5.45. The lowest BCUT2D eigenvalue weighted by molar-refractivity contribution is -0.186. The summed E-state index contributed by atoms with van der Waals surface area (Å²) in [7, 11) is -5.69. The third kappa shape index (κ3) is 3.36. The summed E-state index contributed by atoms with van der Waals surface area (Å²) in [5.74, 6) is -5.40. The second-order valence-electron chi connectivity index (χ2n) is 4.66. The Morgan fingerprint density at radius 2 is 1.40 bits per heavy atom. The monoisotopic (exact) mass is 332 g/mol. The Labute approximate surface area is 110 Å². The lowest BCUT2D eigenvalue weighted by Gasteiger charge is -2.31. The second kappa shape index (κ2) is 5.41. The van der Waals surface area contributed by atoms with Gasteiger partial charge in [0.2, 0.25) is 9.84 Å². The Hall–Kier alpha value is -1.00. The molecule has 0 aromatic heterocycles. The Bertz CT molecular complexity index is 486. The van der Waals surface area contributed by atoms with Crippen molar-refractivity contribution in [2.24, 2.45) is 0 Å². The first kappa shape index (κ1) is 19.0. The van der Waals surface area contributed by atoms with Crippen molar-refractivity contribution in [2.45, 2.75) is 36.7 Å². The molecule has 0 rings (SSSR count). The van der Waals surface area contributed by atoms with Crippen LogP contribution in [0.3, 0.4) is 0 Å². The summed E-state index contributed by atoms with van der Waals surface area (Å²) in [6, 6.07) is -2.78. The smallest absolute Gasteiger partial charge is 0.411 e. The summed E-state index contributed by atoms with van der Waals surface area (Å²) in [6.07, 6.45) is -3.14. The molecule has 120 valence electrons. The van der Waals surface area contributed by atoms with E-state index in [0.717, 1.165) is 20.8 Å². The number of hydrogen-bond donors (Lipinski definition) is 0. The topological polar surface area (TPSA) is 43.4 Å². The van der Waals surface area contributed by atoms with Crippen molar-refractivity contribution >= 4 is 9.84 Å². The van der Waals surface area contributed by atoms with E-state index in [-0.39, 0.29) is 0 Å². The quantitative estimate of drug-likeness (QED) is 0.572. The maximum atomic E-state index is 13.4. The highest BCUT2D eigenvalue weighted by Gasteiger charge is 2.68. The van der Waals surface area contributed by atoms with E-state index in [1.165, 1.54) is 0 Å². The van der Waals surface area contributed by atoms with Gasteiger partial charge in [-0.2, -0.15) is 30.7 Å². The van der Waals surface area contributed by atoms with E-state index in [0.29, 0.717) is 0 Å². The highest BCUT2D eigenvalue weighted by molar-refractivity contribution is 7.93. The zero-order valence-electron chi connectivity index (χ0n) is 10.5. The molecule has 0 aromatic rings. The van der Waals surface area contributed by atoms with E-state index in [4.69, 9.17) is 0 Å². The molecule has 0 radical (unpaired) electrons. The number of halogens is 7. The van der Waals surface area contributed by atoms with Gasteiger partial charge in [-0.05, 0) is 20.8 Å². The summed E-state index contributed by atoms with van der Waals surface area (Å²) in [4.78, 5) is 0. The standard InChI is InChI=1S/C9H11F7O3S/c1-7(2,3)20(17,18)9(15,16)8(13,14)4-19-6(12)5(10)11/h4H2,1-3H3. The van der Waals surface area contributed by atoms with E-state index in [1.807, 2.05) is 0 Å². The number of sulfone groups is 1. The molecule has 0 aliphatic heterocycles. The molecule has 0 heterocycles. The first-order chi connectivity index (χ1) is 8.58. The van der Waals surface area contributed by atoms with Crippen molar-refractivity contribution in [3.05, 3.63) is 12.1 Å². The third-order valence-electron chi connectivity index (χ3n) is 2.10. The van der Waals surface area contributed by atoms with Crippen LogP contribution in [0, 0.1) is 0 Å². The maximum Gasteiger partial charge on any atom is 0.411 e. The minimum atomic E-state index is -5.69. The predicted molar refractivity (Wildman–Crippen MR) is 54.9 cm³/mol. The molecular formula is C9H11F7O3S. The van der Waals surface area contributed by atoms with Crippen LogP contribution in [0.1, 0.15) is 20.8 Å². The molecule has 0 amide bonds. The van der Waals surface area contributed by atoms with Crippen molar-refractivity contribution in [1.82, 2.24) is 0 Å². The Morgan fingerprint density at radius 3 is 1.70 bits per heavy atom. The molecule has 3 nitrogen and oxygen atoms in total. The van der Waals surface area contributed by atoms with Crippen LogP contribution in [0.15, 0.2) is 12.1 Å². The van der Waals surface area contributed by atoms with Crippen LogP contribution in [-0.2, 0) is 14.6 Å². The van der Waals surface area contributed by atoms with Gasteiger partial charge in [-0.15, -0.1) is 0 Å². The molecule has 0 atom stereocenters. The minimum absolute atomic E-state index is 0.745. The number of rotatable bonds is 5. The van der Waals surface area contributed by atoms with E-state index in [9.17, 15) is 39.2 Å². The minimum Gasteiger partial charge on any atom is -0.460 e. The first-order valence-electron chi connectivity index (χ1n) is 4.91. The van der Waals surface area contributed by atoms with E-state index < -0.39 is 44.5 Å². The molecular weight excluding hydrogens is 321 g/mol. The van der Waals surface area contributed by atoms with Gasteiger partial charge in [0.25, 0.3) is 0 Å². The molecule has 0 spiro atoms. The molecule has 0 saturated carbocycles. The van der Waals surface area contributed by atoms with Gasteiger partial charge in [0.05, 0.1) is 4.75 Å². The largest absolute Gasteiger partial charge is 0.460 e. The Morgan fingerprint density at radius 1 is 1.00 bits per heavy atom. The van der Waals surface area contributed by atoms with Gasteiger partial charge >= 0.3 is 23.3 Å². The van der Waals surface area contributed by atoms with Crippen LogP contribution < -0.4 is 0 Å². The fourth-order valence-corrected chi connectivity index (χ4v) is 2.09. The summed E-state index contributed by atoms with van der Waals surface area (Å²) in [5.41, 5.74) is 0. The van der Waals surface area contributed by atoms with Crippen LogP contribution in [0.2, 0.25) is 0 Å². The average Bonchev–Trinajstić information content (AvgIpc) is 2.23. The highest BCUT2D eigenvalue weighted by Crippen LogP contribution is 2.44. The van der Waals surface area contributed by atoms with Gasteiger partial charge in [-0.3, -0.25) is 0 Å². The molecule has 0 bridgehead atoms. The summed E-state index contributed by atoms with van der Waals surface area (Å²) < 4.78 is 112. The van der Waals surface area contributed by atoms with Crippen LogP contribution in [0.5, 0.6) is 0 Å². The van der Waals surface area contributed by atoms with Gasteiger partial charge in [0.1, 0.15) is 0 Å². The molecule has 0 saturated heterocycles. The zero-order chi connectivity index (χ0) is 16.6. The average molecular weight is 332 g/mol. The van der Waals surface area contributed by atoms with Gasteiger partial charge in [0.15, 0.2) is 6.61 Å². The van der Waals surface area contributed by atoms with Crippen LogP contribution in [0.25, 0.3) is 0 Å². The van der Waals surface area contributed by atoms with Gasteiger partial charge in [-0.25, -0.2) is 8.42 Å². The van der Waals surface area contributed by atoms with Crippen molar-refractivity contribution in [1.29, 1.82) is 0 Å². The summed E-state index contributed by atoms with van der Waals surface area (Å²) >= 11 is 0. The molecule has 20 heavy (non-hydrogen) atoms. The van der Waals surface area contributed by atoms with Crippen LogP contribution >= 0.6 is 0 Å². The van der Waals surface area contributed by atoms with Crippen molar-refractivity contribution < 1.29 is 43.9 Å². The zero-order valence-corrected chi connectivity index (χ0v) is 11.3. The molecule has 0 aliphatic carbocycles. The van der Waals surface area contributed by atoms with Gasteiger partial charge < -0.3 is 4.74 Å². The highest BCUT2D eigenvalue weighted by atomic mass is 32.2. The van der Waals surface area contributed by atoms with Crippen LogP contribution in [0.4, 0.5) is 30.7 Å². The van der Waals surface area contributed by atoms with Gasteiger partial charge in [0, 0.05) is 0 Å². The third-order valence-corrected chi connectivity index (χ3v) is 4.68. The molecule has 0 unspecified atom stereocenters. The van der Waals surface area contributed by atoms with E-state index in [1.54, 1.807) is 0 Å². The van der Waals surface area contributed by atoms with Crippen molar-refractivity contribution in [3.8, 4) is 0 Å². The molecule has 0 aliphatic rings. The predicted octanol–water partition coefficient (Wildman–Crippen LogP) is 3.48. The molecule has 11 heteroatoms. The number of ether oxygens (including phenoxy) is 1. The maximum absolute atomic E-state index is 13.4. The fraction of sp³-hybridized carbons (Fsp3) is 0.778. The van der Waals surface area contributed by atoms with Crippen LogP contribution in [-0.4, -0.2) is 30.9 Å². The Kier molecular flexibility index (Phi) is 5.14. The molecule has 0 fully saturated rings. The SMILES string of the molecule is CC(C)(C)S(=O)(=O)C(F)(F)C(F)(F)COC(F)=C(F)F. The first-order valence-corrected chi connectivity index (χ1v) is 6.39. The number of hydrogen-bond acceptors (Lipinski definition) is 3. The fourth-order valence-electron chi connectivity index (χ4n) is 0.874. The van der Waals surface area contributed by atoms with E-state index >= 15 is 0 Å². The normalized spacial score (nSPS) is 14.1. The summed E-state index contributed by atoms with van der Waals surface area (Å²) in [6.45, 7) is -0.322. The molecule has 0 N–H and O–H groups in total. The van der Waals surface area contributed by atoms with Crippen molar-refractivity contribution in [3.63, 3.8) is 0 Å². The number of alkyl halides is 4. The molecule has 0 aromatic carbocycles. The summed E-state index contributed by atoms with van der Waals surface area (Å²) in [5, 5.41) is -5.62. The van der Waals surface area contributed by atoms with Crippen molar-refractivity contribution in [2.75, 3.05) is 6.61 Å². The lowest BCUT2D eigenvalue weighted by Crippen LogP contribution is -2.55. The lowest BCUT2D eigenvalue weighted by atomic mass is 10.3. The van der Waals surface area contributed by atoms with Gasteiger partial charge in [-0.1, -0.05) is 0 Å².